The molecule has 0 radical (unpaired) electrons. The van der Waals surface area contributed by atoms with Crippen molar-refractivity contribution in [3.05, 3.63) is 42.2 Å². The van der Waals surface area contributed by atoms with Crippen LogP contribution in [0.1, 0.15) is 33.0 Å². The number of rotatable bonds is 2. The molecule has 0 saturated heterocycles. The molecular weight excluding hydrogens is 368 g/mol. The quantitative estimate of drug-likeness (QED) is 0.520. The lowest BCUT2D eigenvalue weighted by molar-refractivity contribution is -0.139. The molecule has 3 heterocycles. The number of methoxy groups -OCH3 is 1. The molecule has 0 unspecified atom stereocenters. The number of fused-ring (bicyclic) bond motifs is 5. The average molecular weight is 399 g/mol. The largest absolute Gasteiger partial charge is 0.469 e. The number of aromatic nitrogens is 3. The SMILES string of the molecule is C/C=C/CC(=O)OC.CC.Nc1nc2ccccc2c2c1nc1n2CCOCC1. The monoisotopic (exact) mass is 398 g/mol. The first-order chi connectivity index (χ1) is 14.2. The van der Waals surface area contributed by atoms with Gasteiger partial charge in [-0.1, -0.05) is 44.2 Å². The number of benzene rings is 1. The zero-order valence-electron chi connectivity index (χ0n) is 17.6. The number of nitrogens with zero attached hydrogens (tertiary/aromatic N) is 3. The van der Waals surface area contributed by atoms with E-state index in [1.807, 2.05) is 45.0 Å². The van der Waals surface area contributed by atoms with Crippen molar-refractivity contribution in [1.29, 1.82) is 0 Å². The average Bonchev–Trinajstić information content (AvgIpc) is 2.97. The van der Waals surface area contributed by atoms with Crippen LogP contribution < -0.4 is 5.73 Å². The minimum Gasteiger partial charge on any atom is -0.469 e. The molecule has 2 aromatic heterocycles. The van der Waals surface area contributed by atoms with E-state index < -0.39 is 0 Å². The number of carbonyl (C=O) groups is 1. The van der Waals surface area contributed by atoms with Crippen LogP contribution in [0.2, 0.25) is 0 Å². The second-order valence-corrected chi connectivity index (χ2v) is 6.10. The fraction of sp³-hybridized carbons (Fsp3) is 0.409. The number of para-hydroxylation sites is 1. The van der Waals surface area contributed by atoms with Crippen molar-refractivity contribution in [1.82, 2.24) is 14.5 Å². The number of esters is 1. The number of anilines is 1. The molecule has 0 aliphatic carbocycles. The minimum atomic E-state index is -0.192. The zero-order chi connectivity index (χ0) is 21.2. The van der Waals surface area contributed by atoms with Crippen LogP contribution >= 0.6 is 0 Å². The van der Waals surface area contributed by atoms with E-state index in [9.17, 15) is 4.79 Å². The summed E-state index contributed by atoms with van der Waals surface area (Å²) in [5.41, 5.74) is 8.87. The maximum atomic E-state index is 10.3. The second-order valence-electron chi connectivity index (χ2n) is 6.10. The fourth-order valence-corrected chi connectivity index (χ4v) is 3.06. The lowest BCUT2D eigenvalue weighted by atomic mass is 10.2. The molecule has 7 heteroatoms. The standard InChI is InChI=1S/C14H14N4O.C6H10O2.C2H6/c15-14-12-13(9-3-1-2-4-10(9)16-14)18-6-8-19-7-5-11(18)17-12;1-3-4-5-6(7)8-2;1-2/h1-4H,5-8H2,(H2,15,16);3-4H,5H2,1-2H3;1-2H3/b;4-3+;. The Kier molecular flexibility index (Phi) is 8.61. The molecule has 0 amide bonds. The molecule has 1 aliphatic rings. The summed E-state index contributed by atoms with van der Waals surface area (Å²) >= 11 is 0. The van der Waals surface area contributed by atoms with E-state index in [0.29, 0.717) is 18.8 Å². The van der Waals surface area contributed by atoms with Crippen LogP contribution in [0.4, 0.5) is 5.82 Å². The van der Waals surface area contributed by atoms with Crippen molar-refractivity contribution in [2.24, 2.45) is 0 Å². The minimum absolute atomic E-state index is 0.192. The van der Waals surface area contributed by atoms with Crippen LogP contribution in [0, 0.1) is 0 Å². The Morgan fingerprint density at radius 1 is 1.28 bits per heavy atom. The summed E-state index contributed by atoms with van der Waals surface area (Å²) in [6, 6.07) is 8.05. The van der Waals surface area contributed by atoms with E-state index in [-0.39, 0.29) is 5.97 Å². The van der Waals surface area contributed by atoms with Gasteiger partial charge in [-0.3, -0.25) is 4.79 Å². The van der Waals surface area contributed by atoms with Gasteiger partial charge in [0.05, 0.1) is 37.8 Å². The fourth-order valence-electron chi connectivity index (χ4n) is 3.06. The van der Waals surface area contributed by atoms with E-state index in [0.717, 1.165) is 47.3 Å². The van der Waals surface area contributed by atoms with Gasteiger partial charge in [-0.25, -0.2) is 9.97 Å². The number of pyridine rings is 1. The Hall–Kier alpha value is -2.93. The molecule has 4 rings (SSSR count). The Bertz CT molecular complexity index is 979. The Morgan fingerprint density at radius 2 is 2.03 bits per heavy atom. The Labute approximate surface area is 171 Å². The van der Waals surface area contributed by atoms with E-state index in [1.54, 1.807) is 6.08 Å². The number of imidazole rings is 1. The summed E-state index contributed by atoms with van der Waals surface area (Å²) in [6.07, 6.45) is 4.78. The molecule has 0 spiro atoms. The maximum Gasteiger partial charge on any atom is 0.309 e. The predicted molar refractivity (Wildman–Crippen MR) is 117 cm³/mol. The van der Waals surface area contributed by atoms with Gasteiger partial charge in [0.1, 0.15) is 11.3 Å². The van der Waals surface area contributed by atoms with Crippen molar-refractivity contribution in [3.8, 4) is 0 Å². The van der Waals surface area contributed by atoms with E-state index >= 15 is 0 Å². The number of carbonyl (C=O) groups excluding carboxylic acids is 1. The van der Waals surface area contributed by atoms with Crippen molar-refractivity contribution in [2.45, 2.75) is 40.2 Å². The first kappa shape index (κ1) is 22.4. The maximum absolute atomic E-state index is 10.3. The molecule has 7 nitrogen and oxygen atoms in total. The number of hydrogen-bond acceptors (Lipinski definition) is 6. The molecule has 1 aliphatic heterocycles. The van der Waals surface area contributed by atoms with Crippen molar-refractivity contribution >= 4 is 33.7 Å². The molecule has 1 aromatic carbocycles. The summed E-state index contributed by atoms with van der Waals surface area (Å²) in [5, 5.41) is 1.10. The van der Waals surface area contributed by atoms with Crippen LogP contribution in [-0.4, -0.2) is 40.8 Å². The van der Waals surface area contributed by atoms with Gasteiger partial charge in [0, 0.05) is 18.4 Å². The van der Waals surface area contributed by atoms with Gasteiger partial charge >= 0.3 is 5.97 Å². The summed E-state index contributed by atoms with van der Waals surface area (Å²) in [6.45, 7) is 8.12. The second kappa shape index (κ2) is 11.2. The van der Waals surface area contributed by atoms with Crippen LogP contribution in [-0.2, 0) is 27.2 Å². The Balaban J connectivity index is 0.000000257. The first-order valence-corrected chi connectivity index (χ1v) is 9.94. The highest BCUT2D eigenvalue weighted by Crippen LogP contribution is 2.29. The highest BCUT2D eigenvalue weighted by Gasteiger charge is 2.18. The van der Waals surface area contributed by atoms with Gasteiger partial charge in [-0.05, 0) is 13.0 Å². The summed E-state index contributed by atoms with van der Waals surface area (Å²) in [4.78, 5) is 19.4. The number of hydrogen-bond donors (Lipinski definition) is 1. The van der Waals surface area contributed by atoms with E-state index in [1.165, 1.54) is 7.11 Å². The van der Waals surface area contributed by atoms with E-state index in [2.05, 4.69) is 25.3 Å². The first-order valence-electron chi connectivity index (χ1n) is 9.94. The molecule has 0 bridgehead atoms. The molecule has 0 fully saturated rings. The third-order valence-corrected chi connectivity index (χ3v) is 4.37. The van der Waals surface area contributed by atoms with Crippen LogP contribution in [0.15, 0.2) is 36.4 Å². The van der Waals surface area contributed by atoms with Gasteiger partial charge in [-0.2, -0.15) is 0 Å². The number of nitrogen functional groups attached to an aromatic ring is 1. The molecule has 0 saturated carbocycles. The smallest absolute Gasteiger partial charge is 0.309 e. The van der Waals surface area contributed by atoms with Gasteiger partial charge < -0.3 is 19.8 Å². The highest BCUT2D eigenvalue weighted by atomic mass is 16.5. The number of nitrogens with two attached hydrogens (primary N) is 1. The van der Waals surface area contributed by atoms with Crippen LogP contribution in [0.25, 0.3) is 21.9 Å². The van der Waals surface area contributed by atoms with Gasteiger partial charge in [0.25, 0.3) is 0 Å². The van der Waals surface area contributed by atoms with Crippen LogP contribution in [0.3, 0.4) is 0 Å². The Morgan fingerprint density at radius 3 is 2.76 bits per heavy atom. The molecule has 156 valence electrons. The van der Waals surface area contributed by atoms with Gasteiger partial charge in [-0.15, -0.1) is 0 Å². The molecule has 3 aromatic rings. The normalized spacial score (nSPS) is 13.1. The van der Waals surface area contributed by atoms with Gasteiger partial charge in [0.2, 0.25) is 0 Å². The lowest BCUT2D eigenvalue weighted by Gasteiger charge is -2.07. The summed E-state index contributed by atoms with van der Waals surface area (Å²) < 4.78 is 12.1. The molecule has 0 atom stereocenters. The molecule has 2 N–H and O–H groups in total. The number of allylic oxidation sites excluding steroid dienone is 1. The number of ether oxygens (including phenoxy) is 2. The highest BCUT2D eigenvalue weighted by molar-refractivity contribution is 6.06. The van der Waals surface area contributed by atoms with Gasteiger partial charge in [0.15, 0.2) is 5.82 Å². The van der Waals surface area contributed by atoms with Crippen molar-refractivity contribution in [2.75, 3.05) is 26.1 Å². The third kappa shape index (κ3) is 5.32. The molecule has 29 heavy (non-hydrogen) atoms. The topological polar surface area (TPSA) is 92.3 Å². The summed E-state index contributed by atoms with van der Waals surface area (Å²) in [7, 11) is 1.38. The van der Waals surface area contributed by atoms with Crippen molar-refractivity contribution < 1.29 is 14.3 Å². The lowest BCUT2D eigenvalue weighted by Crippen LogP contribution is -2.04. The van der Waals surface area contributed by atoms with Crippen LogP contribution in [0.5, 0.6) is 0 Å². The summed E-state index contributed by atoms with van der Waals surface area (Å²) in [5.74, 6) is 1.36. The van der Waals surface area contributed by atoms with Crippen molar-refractivity contribution in [3.63, 3.8) is 0 Å². The zero-order valence-corrected chi connectivity index (χ0v) is 17.6. The predicted octanol–water partition coefficient (Wildman–Crippen LogP) is 3.89. The third-order valence-electron chi connectivity index (χ3n) is 4.37. The molecular formula is C22H30N4O3. The van der Waals surface area contributed by atoms with E-state index in [4.69, 9.17) is 10.5 Å².